The van der Waals surface area contributed by atoms with Gasteiger partial charge in [0, 0.05) is 45.0 Å². The first-order chi connectivity index (χ1) is 25.3. The Kier molecular flexibility index (Phi) is 16.6. The van der Waals surface area contributed by atoms with Crippen LogP contribution in [0.1, 0.15) is 102 Å². The predicted molar refractivity (Wildman–Crippen MR) is 204 cm³/mol. The van der Waals surface area contributed by atoms with E-state index in [-0.39, 0.29) is 37.3 Å². The summed E-state index contributed by atoms with van der Waals surface area (Å²) >= 11 is 0. The van der Waals surface area contributed by atoms with Crippen molar-refractivity contribution in [3.63, 3.8) is 0 Å². The number of methoxy groups -OCH3 is 1. The summed E-state index contributed by atoms with van der Waals surface area (Å²) in [4.78, 5) is 30.2. The van der Waals surface area contributed by atoms with Crippen molar-refractivity contribution in [2.75, 3.05) is 34.8 Å². The molecule has 0 aromatic carbocycles. The van der Waals surface area contributed by atoms with Crippen LogP contribution in [0.25, 0.3) is 0 Å². The van der Waals surface area contributed by atoms with Gasteiger partial charge in [-0.2, -0.15) is 0 Å². The molecule has 322 valence electrons. The molecule has 18 atom stereocenters. The second kappa shape index (κ2) is 19.0. The summed E-state index contributed by atoms with van der Waals surface area (Å²) in [5.74, 6) is -3.16. The molecule has 0 unspecified atom stereocenters. The highest BCUT2D eigenvalue weighted by Gasteiger charge is 2.53. The molecule has 0 aromatic rings. The van der Waals surface area contributed by atoms with Gasteiger partial charge >= 0.3 is 11.9 Å². The van der Waals surface area contributed by atoms with Gasteiger partial charge < -0.3 is 63.4 Å². The van der Waals surface area contributed by atoms with Crippen molar-refractivity contribution in [3.05, 3.63) is 0 Å². The molecule has 0 amide bonds. The Morgan fingerprint density at radius 2 is 1.60 bits per heavy atom. The summed E-state index contributed by atoms with van der Waals surface area (Å²) < 4.78 is 43.6. The van der Waals surface area contributed by atoms with E-state index in [0.717, 1.165) is 0 Å². The first-order valence-electron chi connectivity index (χ1n) is 20.0. The van der Waals surface area contributed by atoms with Gasteiger partial charge in [0.05, 0.1) is 35.9 Å². The fourth-order valence-electron chi connectivity index (χ4n) is 9.12. The molecule has 0 aromatic heterocycles. The normalized spacial score (nSPS) is 47.4. The third-order valence-electron chi connectivity index (χ3n) is 12.5. The van der Waals surface area contributed by atoms with E-state index in [2.05, 4.69) is 0 Å². The van der Waals surface area contributed by atoms with Crippen LogP contribution in [0, 0.1) is 17.8 Å². The molecule has 3 aliphatic heterocycles. The minimum absolute atomic E-state index is 0.116. The smallest absolute Gasteiger partial charge is 0.311 e. The van der Waals surface area contributed by atoms with E-state index < -0.39 is 102 Å². The zero-order chi connectivity index (χ0) is 42.0. The van der Waals surface area contributed by atoms with E-state index in [4.69, 9.17) is 33.2 Å². The van der Waals surface area contributed by atoms with Crippen LogP contribution in [-0.2, 0) is 42.7 Å². The lowest BCUT2D eigenvalue weighted by atomic mass is 9.77. The molecule has 0 saturated carbocycles. The van der Waals surface area contributed by atoms with Gasteiger partial charge in [-0.25, -0.2) is 0 Å². The maximum atomic E-state index is 14.3. The van der Waals surface area contributed by atoms with Crippen molar-refractivity contribution >= 4 is 11.9 Å². The van der Waals surface area contributed by atoms with Gasteiger partial charge in [-0.15, -0.1) is 0 Å². The van der Waals surface area contributed by atoms with Crippen LogP contribution >= 0.6 is 0 Å². The maximum Gasteiger partial charge on any atom is 0.311 e. The Labute approximate surface area is 329 Å². The second-order valence-corrected chi connectivity index (χ2v) is 17.8. The van der Waals surface area contributed by atoms with Crippen molar-refractivity contribution in [1.82, 2.24) is 9.80 Å². The van der Waals surface area contributed by atoms with Crippen LogP contribution in [0.15, 0.2) is 0 Å². The third-order valence-corrected chi connectivity index (χ3v) is 12.5. The number of cyclic esters (lactones) is 1. The van der Waals surface area contributed by atoms with Gasteiger partial charge in [0.1, 0.15) is 29.5 Å². The molecule has 3 rings (SSSR count). The van der Waals surface area contributed by atoms with E-state index in [9.17, 15) is 30.0 Å². The Bertz CT molecular complexity index is 1250. The molecule has 3 fully saturated rings. The molecule has 3 aliphatic rings. The number of rotatable bonds is 8. The minimum atomic E-state index is -1.82. The molecule has 55 heavy (non-hydrogen) atoms. The van der Waals surface area contributed by atoms with Crippen LogP contribution in [-0.4, -0.2) is 167 Å². The van der Waals surface area contributed by atoms with Crippen LogP contribution in [0.5, 0.6) is 0 Å². The van der Waals surface area contributed by atoms with Crippen LogP contribution in [0.3, 0.4) is 0 Å². The Morgan fingerprint density at radius 3 is 2.15 bits per heavy atom. The van der Waals surface area contributed by atoms with Gasteiger partial charge in [0.15, 0.2) is 18.7 Å². The number of carbonyl (C=O) groups is 2. The summed E-state index contributed by atoms with van der Waals surface area (Å²) in [6.07, 6.45) is -8.23. The summed E-state index contributed by atoms with van der Waals surface area (Å²) in [6, 6.07) is -0.836. The Morgan fingerprint density at radius 1 is 0.982 bits per heavy atom. The van der Waals surface area contributed by atoms with E-state index in [1.165, 1.54) is 21.0 Å². The first-order valence-corrected chi connectivity index (χ1v) is 20.0. The molecule has 3 heterocycles. The molecule has 0 aliphatic carbocycles. The molecule has 15 nitrogen and oxygen atoms in total. The zero-order valence-electron chi connectivity index (χ0n) is 36.1. The van der Waals surface area contributed by atoms with Crippen molar-refractivity contribution in [2.24, 2.45) is 17.8 Å². The largest absolute Gasteiger partial charge is 0.459 e. The summed E-state index contributed by atoms with van der Waals surface area (Å²) in [6.45, 7) is 19.4. The van der Waals surface area contributed by atoms with E-state index in [1.807, 2.05) is 51.7 Å². The predicted octanol–water partition coefficient (Wildman–Crippen LogP) is 2.47. The molecule has 4 N–H and O–H groups in total. The van der Waals surface area contributed by atoms with Crippen LogP contribution < -0.4 is 0 Å². The highest BCUT2D eigenvalue weighted by molar-refractivity contribution is 5.73. The molecule has 0 spiro atoms. The number of aliphatic hydroxyl groups is 4. The van der Waals surface area contributed by atoms with Crippen molar-refractivity contribution < 1.29 is 63.2 Å². The fraction of sp³-hybridized carbons (Fsp3) is 0.950. The number of hydrogen-bond acceptors (Lipinski definition) is 15. The lowest BCUT2D eigenvalue weighted by Crippen LogP contribution is -2.61. The monoisotopic (exact) mass is 791 g/mol. The van der Waals surface area contributed by atoms with E-state index >= 15 is 0 Å². The highest BCUT2D eigenvalue weighted by atomic mass is 16.7. The average molecular weight is 791 g/mol. The molecule has 0 bridgehead atoms. The lowest BCUT2D eigenvalue weighted by molar-refractivity contribution is -0.318. The number of hydrogen-bond donors (Lipinski definition) is 4. The average Bonchev–Trinajstić information content (AvgIpc) is 3.08. The lowest BCUT2D eigenvalue weighted by Gasteiger charge is -2.49. The number of likely N-dealkylation sites (N-methyl/N-ethyl adjacent to an activating group) is 2. The van der Waals surface area contributed by atoms with Gasteiger partial charge in [-0.05, 0) is 94.8 Å². The topological polar surface area (TPSA) is 186 Å². The van der Waals surface area contributed by atoms with Crippen LogP contribution in [0.2, 0.25) is 0 Å². The van der Waals surface area contributed by atoms with Gasteiger partial charge in [-0.1, -0.05) is 20.8 Å². The molecular weight excluding hydrogens is 716 g/mol. The number of esters is 2. The summed E-state index contributed by atoms with van der Waals surface area (Å²) in [5, 5.41) is 47.4. The zero-order valence-corrected chi connectivity index (χ0v) is 36.1. The van der Waals surface area contributed by atoms with Crippen molar-refractivity contribution in [2.45, 2.75) is 192 Å². The molecule has 0 radical (unpaired) electrons. The fourth-order valence-corrected chi connectivity index (χ4v) is 9.12. The Hall–Kier alpha value is -1.50. The minimum Gasteiger partial charge on any atom is -0.459 e. The second-order valence-electron chi connectivity index (χ2n) is 17.8. The van der Waals surface area contributed by atoms with E-state index in [0.29, 0.717) is 13.0 Å². The number of aliphatic hydroxyl groups excluding tert-OH is 2. The number of carbonyl (C=O) groups excluding carboxylic acids is 2. The quantitative estimate of drug-likeness (QED) is 0.263. The van der Waals surface area contributed by atoms with E-state index in [1.54, 1.807) is 41.5 Å². The molecule has 3 saturated heterocycles. The van der Waals surface area contributed by atoms with Gasteiger partial charge in [0.2, 0.25) is 0 Å². The summed E-state index contributed by atoms with van der Waals surface area (Å²) in [7, 11) is 7.11. The molecule has 15 heteroatoms. The standard InChI is InChI=1S/C40H74N2O13/c1-16-29-40(11,48)33(45)25(6)42(14)20-21(2)18-38(9,47)34(55-37-31(44)28(41(12)13)17-22(3)50-37)23(4)32(24(5)36(46)53-29)54-30-19-39(10,49-15)35(26(7)51-30)52-27(8)43/h21-26,28-35,37,44-45,47-48H,16-20H2,1-15H3/t21-,22-,23+,24-,25-,26+,28+,29-,30+,31-,32+,33-,34-,35+,37+,38-,39-,40-/m1/s1. The Balaban J connectivity index is 2.18. The summed E-state index contributed by atoms with van der Waals surface area (Å²) in [5.41, 5.74) is -4.42. The van der Waals surface area contributed by atoms with Crippen molar-refractivity contribution in [1.29, 1.82) is 0 Å². The van der Waals surface area contributed by atoms with Crippen LogP contribution in [0.4, 0.5) is 0 Å². The number of ether oxygens (including phenoxy) is 7. The number of nitrogens with zero attached hydrogens (tertiary/aromatic N) is 2. The highest BCUT2D eigenvalue weighted by Crippen LogP contribution is 2.40. The SMILES string of the molecule is CC[C@H]1OC(=O)[C@H](C)[C@@H](O[C@H]2C[C@@](C)(OC)[C@@H](OC(C)=O)[C@H](C)O2)[C@H](C)[C@@H](O[C@@H]2O[C@H](C)C[C@H](N(C)C)[C@H]2O)[C@](C)(O)C[C@@H](C)CN(C)[C@H](C)[C@@H](O)[C@]1(C)O. The van der Waals surface area contributed by atoms with Crippen molar-refractivity contribution in [3.8, 4) is 0 Å². The third kappa shape index (κ3) is 11.2. The first kappa shape index (κ1) is 47.9. The van der Waals surface area contributed by atoms with Gasteiger partial charge in [-0.3, -0.25) is 9.59 Å². The molecular formula is C40H74N2O13. The maximum absolute atomic E-state index is 14.3. The van der Waals surface area contributed by atoms with Gasteiger partial charge in [0.25, 0.3) is 0 Å².